The van der Waals surface area contributed by atoms with Crippen LogP contribution in [0.5, 0.6) is 0 Å². The molecule has 1 aromatic heterocycles. The molecule has 2 N–H and O–H groups in total. The van der Waals surface area contributed by atoms with Crippen LogP contribution in [0.2, 0.25) is 0 Å². The standard InChI is InChI=1S/C11H17BrFN3/c1-16(6-4-2-3-5-14)11-10(13)7-9(12)8-15-11/h7-8H,2-6,14H2,1H3. The molecule has 0 aliphatic carbocycles. The Labute approximate surface area is 104 Å². The Morgan fingerprint density at radius 3 is 2.81 bits per heavy atom. The lowest BCUT2D eigenvalue weighted by Crippen LogP contribution is -2.21. The van der Waals surface area contributed by atoms with Gasteiger partial charge in [-0.2, -0.15) is 0 Å². The van der Waals surface area contributed by atoms with E-state index < -0.39 is 0 Å². The SMILES string of the molecule is CN(CCCCCN)c1ncc(Br)cc1F. The van der Waals surface area contributed by atoms with Gasteiger partial charge in [-0.05, 0) is 41.4 Å². The maximum Gasteiger partial charge on any atom is 0.166 e. The number of anilines is 1. The van der Waals surface area contributed by atoms with Gasteiger partial charge < -0.3 is 10.6 Å². The van der Waals surface area contributed by atoms with E-state index in [1.54, 1.807) is 6.20 Å². The Morgan fingerprint density at radius 1 is 1.44 bits per heavy atom. The first-order valence-corrected chi connectivity index (χ1v) is 6.16. The Balaban J connectivity index is 2.49. The van der Waals surface area contributed by atoms with Crippen molar-refractivity contribution in [2.45, 2.75) is 19.3 Å². The maximum absolute atomic E-state index is 13.5. The molecule has 0 aromatic carbocycles. The number of halogens is 2. The highest BCUT2D eigenvalue weighted by Crippen LogP contribution is 2.19. The molecule has 5 heteroatoms. The van der Waals surface area contributed by atoms with Gasteiger partial charge in [-0.1, -0.05) is 6.42 Å². The highest BCUT2D eigenvalue weighted by atomic mass is 79.9. The lowest BCUT2D eigenvalue weighted by molar-refractivity contribution is 0.606. The van der Waals surface area contributed by atoms with Crippen LogP contribution in [0.3, 0.4) is 0 Å². The summed E-state index contributed by atoms with van der Waals surface area (Å²) < 4.78 is 14.2. The fourth-order valence-electron chi connectivity index (χ4n) is 1.46. The molecule has 0 amide bonds. The number of nitrogens with two attached hydrogens (primary N) is 1. The van der Waals surface area contributed by atoms with Crippen molar-refractivity contribution in [3.05, 3.63) is 22.6 Å². The number of aromatic nitrogens is 1. The van der Waals surface area contributed by atoms with E-state index in [2.05, 4.69) is 20.9 Å². The van der Waals surface area contributed by atoms with Crippen LogP contribution in [0.15, 0.2) is 16.7 Å². The van der Waals surface area contributed by atoms with Crippen LogP contribution < -0.4 is 10.6 Å². The van der Waals surface area contributed by atoms with Crippen molar-refractivity contribution in [3.8, 4) is 0 Å². The Hall–Kier alpha value is -0.680. The van der Waals surface area contributed by atoms with Crippen molar-refractivity contribution in [3.63, 3.8) is 0 Å². The van der Waals surface area contributed by atoms with E-state index >= 15 is 0 Å². The van der Waals surface area contributed by atoms with Crippen molar-refractivity contribution >= 4 is 21.7 Å². The summed E-state index contributed by atoms with van der Waals surface area (Å²) in [5.74, 6) is 0.103. The summed E-state index contributed by atoms with van der Waals surface area (Å²) in [6, 6.07) is 1.43. The number of pyridine rings is 1. The molecular weight excluding hydrogens is 273 g/mol. The minimum Gasteiger partial charge on any atom is -0.357 e. The number of hydrogen-bond donors (Lipinski definition) is 1. The lowest BCUT2D eigenvalue weighted by atomic mass is 10.2. The number of hydrogen-bond acceptors (Lipinski definition) is 3. The summed E-state index contributed by atoms with van der Waals surface area (Å²) in [5.41, 5.74) is 5.41. The average molecular weight is 290 g/mol. The van der Waals surface area contributed by atoms with Gasteiger partial charge in [0.2, 0.25) is 0 Å². The van der Waals surface area contributed by atoms with Crippen LogP contribution in [-0.2, 0) is 0 Å². The van der Waals surface area contributed by atoms with E-state index in [0.29, 0.717) is 16.8 Å². The van der Waals surface area contributed by atoms with Gasteiger partial charge in [0.25, 0.3) is 0 Å². The van der Waals surface area contributed by atoms with Crippen LogP contribution in [-0.4, -0.2) is 25.1 Å². The van der Waals surface area contributed by atoms with Crippen molar-refractivity contribution in [1.82, 2.24) is 4.98 Å². The van der Waals surface area contributed by atoms with Crippen LogP contribution >= 0.6 is 15.9 Å². The first-order chi connectivity index (χ1) is 7.65. The zero-order chi connectivity index (χ0) is 12.0. The molecule has 0 saturated carbocycles. The van der Waals surface area contributed by atoms with Gasteiger partial charge in [0.1, 0.15) is 0 Å². The molecule has 0 bridgehead atoms. The largest absolute Gasteiger partial charge is 0.357 e. The summed E-state index contributed by atoms with van der Waals surface area (Å²) in [7, 11) is 1.85. The first-order valence-electron chi connectivity index (χ1n) is 5.37. The zero-order valence-electron chi connectivity index (χ0n) is 9.42. The van der Waals surface area contributed by atoms with Gasteiger partial charge >= 0.3 is 0 Å². The van der Waals surface area contributed by atoms with E-state index in [0.717, 1.165) is 25.8 Å². The molecule has 1 rings (SSSR count). The molecule has 0 aliphatic rings. The van der Waals surface area contributed by atoms with E-state index in [4.69, 9.17) is 5.73 Å². The van der Waals surface area contributed by atoms with Gasteiger partial charge in [0.05, 0.1) is 0 Å². The normalized spacial score (nSPS) is 10.5. The van der Waals surface area contributed by atoms with Crippen molar-refractivity contribution in [2.75, 3.05) is 25.0 Å². The molecule has 0 aliphatic heterocycles. The van der Waals surface area contributed by atoms with E-state index in [1.807, 2.05) is 11.9 Å². The number of nitrogens with zero attached hydrogens (tertiary/aromatic N) is 2. The first kappa shape index (κ1) is 13.4. The van der Waals surface area contributed by atoms with Gasteiger partial charge in [0, 0.05) is 24.3 Å². The smallest absolute Gasteiger partial charge is 0.166 e. The van der Waals surface area contributed by atoms with E-state index in [-0.39, 0.29) is 5.82 Å². The van der Waals surface area contributed by atoms with Gasteiger partial charge in [-0.15, -0.1) is 0 Å². The fourth-order valence-corrected chi connectivity index (χ4v) is 1.77. The summed E-state index contributed by atoms with van der Waals surface area (Å²) in [4.78, 5) is 5.89. The van der Waals surface area contributed by atoms with E-state index in [1.165, 1.54) is 6.07 Å². The van der Waals surface area contributed by atoms with Gasteiger partial charge in [0.15, 0.2) is 11.6 Å². The van der Waals surface area contributed by atoms with Crippen molar-refractivity contribution < 1.29 is 4.39 Å². The van der Waals surface area contributed by atoms with Gasteiger partial charge in [-0.25, -0.2) is 9.37 Å². The third kappa shape index (κ3) is 4.06. The van der Waals surface area contributed by atoms with Crippen LogP contribution in [0.25, 0.3) is 0 Å². The second-order valence-electron chi connectivity index (χ2n) is 3.73. The molecule has 0 fully saturated rings. The minimum absolute atomic E-state index is 0.296. The molecule has 0 spiro atoms. The molecule has 0 saturated heterocycles. The van der Waals surface area contributed by atoms with Crippen molar-refractivity contribution in [2.24, 2.45) is 5.73 Å². The summed E-state index contributed by atoms with van der Waals surface area (Å²) in [6.07, 6.45) is 4.70. The maximum atomic E-state index is 13.5. The second kappa shape index (κ2) is 6.81. The molecule has 3 nitrogen and oxygen atoms in total. The van der Waals surface area contributed by atoms with Crippen LogP contribution in [0, 0.1) is 5.82 Å². The Kier molecular flexibility index (Phi) is 5.69. The third-order valence-corrected chi connectivity index (χ3v) is 2.78. The fraction of sp³-hybridized carbons (Fsp3) is 0.545. The summed E-state index contributed by atoms with van der Waals surface area (Å²) >= 11 is 3.18. The molecule has 0 atom stereocenters. The minimum atomic E-state index is -0.296. The molecule has 1 aromatic rings. The monoisotopic (exact) mass is 289 g/mol. The van der Waals surface area contributed by atoms with Crippen LogP contribution in [0.1, 0.15) is 19.3 Å². The summed E-state index contributed by atoms with van der Waals surface area (Å²) in [5, 5.41) is 0. The lowest BCUT2D eigenvalue weighted by Gasteiger charge is -2.18. The quantitative estimate of drug-likeness (QED) is 0.819. The van der Waals surface area contributed by atoms with Gasteiger partial charge in [-0.3, -0.25) is 0 Å². The van der Waals surface area contributed by atoms with Crippen molar-refractivity contribution in [1.29, 1.82) is 0 Å². The van der Waals surface area contributed by atoms with E-state index in [9.17, 15) is 4.39 Å². The highest BCUT2D eigenvalue weighted by molar-refractivity contribution is 9.10. The Bertz CT molecular complexity index is 333. The Morgan fingerprint density at radius 2 is 2.19 bits per heavy atom. The summed E-state index contributed by atoms with van der Waals surface area (Å²) in [6.45, 7) is 1.51. The highest BCUT2D eigenvalue weighted by Gasteiger charge is 2.08. The molecule has 0 unspecified atom stereocenters. The zero-order valence-corrected chi connectivity index (χ0v) is 11.0. The number of rotatable bonds is 6. The average Bonchev–Trinajstić information content (AvgIpc) is 2.24. The second-order valence-corrected chi connectivity index (χ2v) is 4.65. The van der Waals surface area contributed by atoms with Crippen LogP contribution in [0.4, 0.5) is 10.2 Å². The molecule has 16 heavy (non-hydrogen) atoms. The number of unbranched alkanes of at least 4 members (excludes halogenated alkanes) is 2. The predicted octanol–water partition coefficient (Wildman–Crippen LogP) is 2.55. The topological polar surface area (TPSA) is 42.1 Å². The third-order valence-electron chi connectivity index (χ3n) is 2.35. The molecule has 90 valence electrons. The molecular formula is C11H17BrFN3. The molecule has 0 radical (unpaired) electrons. The predicted molar refractivity (Wildman–Crippen MR) is 68.1 cm³/mol. The molecule has 1 heterocycles.